The predicted molar refractivity (Wildman–Crippen MR) is 81.5 cm³/mol. The van der Waals surface area contributed by atoms with Crippen LogP contribution in [-0.4, -0.2) is 36.2 Å². The molecule has 1 atom stereocenters. The number of hydrogen-bond acceptors (Lipinski definition) is 3. The van der Waals surface area contributed by atoms with E-state index in [1.54, 1.807) is 6.07 Å². The smallest absolute Gasteiger partial charge is 0.126 e. The van der Waals surface area contributed by atoms with Gasteiger partial charge in [0.1, 0.15) is 11.6 Å². The van der Waals surface area contributed by atoms with Gasteiger partial charge >= 0.3 is 0 Å². The van der Waals surface area contributed by atoms with Gasteiger partial charge in [-0.3, -0.25) is 0 Å². The normalized spacial score (nSPS) is 13.2. The Bertz CT molecular complexity index is 409. The molecular weight excluding hydrogens is 255 g/mol. The molecule has 0 aliphatic rings. The lowest BCUT2D eigenvalue weighted by Gasteiger charge is -2.21. The minimum absolute atomic E-state index is 0.0181. The molecule has 0 amide bonds. The fourth-order valence-electron chi connectivity index (χ4n) is 2.06. The van der Waals surface area contributed by atoms with E-state index in [1.807, 2.05) is 6.92 Å². The molecule has 0 aliphatic heterocycles. The lowest BCUT2D eigenvalue weighted by Crippen LogP contribution is -2.28. The Morgan fingerprint density at radius 2 is 1.95 bits per heavy atom. The number of nitrogens with zero attached hydrogens (tertiary/aromatic N) is 1. The average Bonchev–Trinajstić information content (AvgIpc) is 2.37. The van der Waals surface area contributed by atoms with E-state index in [0.717, 1.165) is 37.6 Å². The lowest BCUT2D eigenvalue weighted by molar-refractivity contribution is 0.267. The summed E-state index contributed by atoms with van der Waals surface area (Å²) in [6, 6.07) is 4.78. The second-order valence-corrected chi connectivity index (χ2v) is 5.66. The second-order valence-electron chi connectivity index (χ2n) is 5.66. The van der Waals surface area contributed by atoms with E-state index < -0.39 is 5.82 Å². The highest BCUT2D eigenvalue weighted by Gasteiger charge is 2.10. The van der Waals surface area contributed by atoms with Crippen LogP contribution in [0.3, 0.4) is 0 Å². The van der Waals surface area contributed by atoms with Crippen LogP contribution >= 0.6 is 0 Å². The zero-order valence-electron chi connectivity index (χ0n) is 13.0. The van der Waals surface area contributed by atoms with Gasteiger partial charge in [-0.2, -0.15) is 0 Å². The Labute approximate surface area is 121 Å². The number of unbranched alkanes of at least 4 members (excludes halogenated alkanes) is 1. The number of halogens is 1. The van der Waals surface area contributed by atoms with Crippen LogP contribution in [0.2, 0.25) is 0 Å². The number of phenolic OH excluding ortho intramolecular Hbond substituents is 1. The summed E-state index contributed by atoms with van der Waals surface area (Å²) in [5.74, 6) is -0.389. The molecule has 0 heterocycles. The molecule has 0 radical (unpaired) electrons. The molecule has 1 unspecified atom stereocenters. The van der Waals surface area contributed by atoms with Crippen molar-refractivity contribution in [3.05, 3.63) is 29.6 Å². The molecule has 114 valence electrons. The van der Waals surface area contributed by atoms with Crippen molar-refractivity contribution in [1.29, 1.82) is 0 Å². The van der Waals surface area contributed by atoms with Gasteiger partial charge in [0, 0.05) is 23.7 Å². The first-order chi connectivity index (χ1) is 9.41. The third-order valence-electron chi connectivity index (χ3n) is 3.73. The van der Waals surface area contributed by atoms with E-state index in [9.17, 15) is 9.50 Å². The SMILES string of the molecule is CC(NCCCCN(C)C(C)C)c1ccc(F)cc1O. The molecule has 3 nitrogen and oxygen atoms in total. The van der Waals surface area contributed by atoms with E-state index in [4.69, 9.17) is 0 Å². The molecule has 0 bridgehead atoms. The van der Waals surface area contributed by atoms with E-state index in [2.05, 4.69) is 31.1 Å². The van der Waals surface area contributed by atoms with Gasteiger partial charge in [-0.1, -0.05) is 6.07 Å². The first kappa shape index (κ1) is 16.9. The molecule has 0 aromatic heterocycles. The number of rotatable bonds is 8. The Morgan fingerprint density at radius 1 is 1.25 bits per heavy atom. The van der Waals surface area contributed by atoms with Crippen molar-refractivity contribution >= 4 is 0 Å². The molecule has 0 aliphatic carbocycles. The fourth-order valence-corrected chi connectivity index (χ4v) is 2.06. The number of nitrogens with one attached hydrogen (secondary N) is 1. The number of phenols is 1. The molecule has 2 N–H and O–H groups in total. The van der Waals surface area contributed by atoms with Crippen LogP contribution in [0.15, 0.2) is 18.2 Å². The third kappa shape index (κ3) is 5.47. The maximum Gasteiger partial charge on any atom is 0.126 e. The zero-order valence-corrected chi connectivity index (χ0v) is 13.0. The van der Waals surface area contributed by atoms with Crippen LogP contribution < -0.4 is 5.32 Å². The molecule has 0 saturated carbocycles. The minimum atomic E-state index is -0.407. The van der Waals surface area contributed by atoms with Crippen LogP contribution in [0, 0.1) is 5.82 Å². The second kappa shape index (κ2) is 8.22. The van der Waals surface area contributed by atoms with Gasteiger partial charge in [0.05, 0.1) is 0 Å². The molecule has 1 aromatic carbocycles. The molecular formula is C16H27FN2O. The van der Waals surface area contributed by atoms with Gasteiger partial charge in [-0.05, 0) is 59.8 Å². The average molecular weight is 282 g/mol. The van der Waals surface area contributed by atoms with Gasteiger partial charge in [0.15, 0.2) is 0 Å². The standard InChI is InChI=1S/C16H27FN2O/c1-12(2)19(4)10-6-5-9-18-13(3)15-8-7-14(17)11-16(15)20/h7-8,11-13,18,20H,5-6,9-10H2,1-4H3. The van der Waals surface area contributed by atoms with Crippen LogP contribution in [-0.2, 0) is 0 Å². The predicted octanol–water partition coefficient (Wildman–Crippen LogP) is 3.30. The van der Waals surface area contributed by atoms with E-state index in [-0.39, 0.29) is 11.8 Å². The number of aromatic hydroxyl groups is 1. The summed E-state index contributed by atoms with van der Waals surface area (Å²) in [5, 5.41) is 13.1. The monoisotopic (exact) mass is 282 g/mol. The van der Waals surface area contributed by atoms with Crippen molar-refractivity contribution in [1.82, 2.24) is 10.2 Å². The van der Waals surface area contributed by atoms with E-state index in [1.165, 1.54) is 6.07 Å². The summed E-state index contributed by atoms with van der Waals surface area (Å²) < 4.78 is 12.9. The Hall–Kier alpha value is -1.13. The molecule has 0 fully saturated rings. The van der Waals surface area contributed by atoms with Gasteiger partial charge in [-0.15, -0.1) is 0 Å². The van der Waals surface area contributed by atoms with Crippen molar-refractivity contribution in [3.63, 3.8) is 0 Å². The molecule has 1 rings (SSSR count). The lowest BCUT2D eigenvalue weighted by atomic mass is 10.1. The molecule has 4 heteroatoms. The summed E-state index contributed by atoms with van der Waals surface area (Å²) in [6.07, 6.45) is 2.23. The van der Waals surface area contributed by atoms with E-state index >= 15 is 0 Å². The van der Waals surface area contributed by atoms with Crippen LogP contribution in [0.25, 0.3) is 0 Å². The molecule has 0 saturated heterocycles. The van der Waals surface area contributed by atoms with Gasteiger partial charge in [0.2, 0.25) is 0 Å². The Kier molecular flexibility index (Phi) is 6.96. The minimum Gasteiger partial charge on any atom is -0.508 e. The van der Waals surface area contributed by atoms with Gasteiger partial charge in [-0.25, -0.2) is 4.39 Å². The van der Waals surface area contributed by atoms with Crippen molar-refractivity contribution in [3.8, 4) is 5.75 Å². The summed E-state index contributed by atoms with van der Waals surface area (Å²) in [5.41, 5.74) is 0.741. The third-order valence-corrected chi connectivity index (χ3v) is 3.73. The topological polar surface area (TPSA) is 35.5 Å². The number of benzene rings is 1. The van der Waals surface area contributed by atoms with Crippen LogP contribution in [0.1, 0.15) is 45.2 Å². The molecule has 0 spiro atoms. The van der Waals surface area contributed by atoms with Crippen LogP contribution in [0.4, 0.5) is 4.39 Å². The van der Waals surface area contributed by atoms with Crippen molar-refractivity contribution in [2.75, 3.05) is 20.1 Å². The first-order valence-corrected chi connectivity index (χ1v) is 7.34. The van der Waals surface area contributed by atoms with Crippen molar-refractivity contribution in [2.45, 2.75) is 45.7 Å². The van der Waals surface area contributed by atoms with Gasteiger partial charge < -0.3 is 15.3 Å². The van der Waals surface area contributed by atoms with Crippen molar-refractivity contribution < 1.29 is 9.50 Å². The largest absolute Gasteiger partial charge is 0.508 e. The highest BCUT2D eigenvalue weighted by Crippen LogP contribution is 2.24. The highest BCUT2D eigenvalue weighted by atomic mass is 19.1. The molecule has 20 heavy (non-hydrogen) atoms. The number of hydrogen-bond donors (Lipinski definition) is 2. The highest BCUT2D eigenvalue weighted by molar-refractivity contribution is 5.34. The van der Waals surface area contributed by atoms with Crippen molar-refractivity contribution in [2.24, 2.45) is 0 Å². The Morgan fingerprint density at radius 3 is 2.55 bits per heavy atom. The van der Waals surface area contributed by atoms with Gasteiger partial charge in [0.25, 0.3) is 0 Å². The summed E-state index contributed by atoms with van der Waals surface area (Å²) >= 11 is 0. The quantitative estimate of drug-likeness (QED) is 0.718. The summed E-state index contributed by atoms with van der Waals surface area (Å²) in [7, 11) is 2.14. The first-order valence-electron chi connectivity index (χ1n) is 7.34. The zero-order chi connectivity index (χ0) is 15.1. The Balaban J connectivity index is 2.28. The fraction of sp³-hybridized carbons (Fsp3) is 0.625. The van der Waals surface area contributed by atoms with Crippen LogP contribution in [0.5, 0.6) is 5.75 Å². The molecule has 1 aromatic rings. The summed E-state index contributed by atoms with van der Waals surface area (Å²) in [4.78, 5) is 2.33. The maximum absolute atomic E-state index is 12.9. The van der Waals surface area contributed by atoms with E-state index in [0.29, 0.717) is 6.04 Å². The summed E-state index contributed by atoms with van der Waals surface area (Å²) in [6.45, 7) is 8.35. The maximum atomic E-state index is 12.9.